The zero-order valence-electron chi connectivity index (χ0n) is 18.9. The van der Waals surface area contributed by atoms with Crippen molar-refractivity contribution in [3.8, 4) is 11.5 Å². The Morgan fingerprint density at radius 2 is 1.79 bits per heavy atom. The van der Waals surface area contributed by atoms with Crippen molar-refractivity contribution in [2.24, 2.45) is 5.10 Å². The molecule has 0 heterocycles. The molecule has 10 heteroatoms. The number of hydrazone groups is 1. The summed E-state index contributed by atoms with van der Waals surface area (Å²) in [4.78, 5) is 12.8. The third kappa shape index (κ3) is 5.67. The monoisotopic (exact) mass is 501 g/mol. The first-order valence-electron chi connectivity index (χ1n) is 10.1. The number of hydrogen-bond acceptors (Lipinski definition) is 6. The Kier molecular flexibility index (Phi) is 8.14. The van der Waals surface area contributed by atoms with Crippen LogP contribution in [0.2, 0.25) is 5.02 Å². The van der Waals surface area contributed by atoms with E-state index >= 15 is 0 Å². The van der Waals surface area contributed by atoms with Crippen molar-refractivity contribution in [2.45, 2.75) is 11.8 Å². The second-order valence-electron chi connectivity index (χ2n) is 7.11. The highest BCUT2D eigenvalue weighted by Gasteiger charge is 2.28. The maximum absolute atomic E-state index is 13.4. The maximum atomic E-state index is 13.4. The first-order chi connectivity index (χ1) is 16.3. The molecule has 34 heavy (non-hydrogen) atoms. The Labute approximate surface area is 203 Å². The number of nitrogens with one attached hydrogen (secondary N) is 1. The lowest BCUT2D eigenvalue weighted by atomic mass is 10.2. The van der Waals surface area contributed by atoms with Gasteiger partial charge in [-0.3, -0.25) is 9.10 Å². The molecular weight excluding hydrogens is 478 g/mol. The van der Waals surface area contributed by atoms with E-state index in [4.69, 9.17) is 21.1 Å². The molecule has 1 N–H and O–H groups in total. The minimum atomic E-state index is -4.06. The molecule has 178 valence electrons. The predicted octanol–water partition coefficient (Wildman–Crippen LogP) is 4.01. The van der Waals surface area contributed by atoms with Gasteiger partial charge in [-0.15, -0.1) is 0 Å². The van der Waals surface area contributed by atoms with E-state index in [-0.39, 0.29) is 4.90 Å². The largest absolute Gasteiger partial charge is 0.497 e. The molecule has 0 aromatic heterocycles. The summed E-state index contributed by atoms with van der Waals surface area (Å²) < 4.78 is 38.3. The van der Waals surface area contributed by atoms with E-state index in [1.165, 1.54) is 25.5 Å². The summed E-state index contributed by atoms with van der Waals surface area (Å²) >= 11 is 6.23. The predicted molar refractivity (Wildman–Crippen MR) is 132 cm³/mol. The third-order valence-electron chi connectivity index (χ3n) is 4.96. The Morgan fingerprint density at radius 3 is 2.47 bits per heavy atom. The molecule has 0 aliphatic carbocycles. The fraction of sp³-hybridized carbons (Fsp3) is 0.167. The first kappa shape index (κ1) is 25.1. The SMILES string of the molecule is COc1ccc(/C=N\NC(=O)CN(c2cccc(Cl)c2C)S(=O)(=O)c2ccccc2)c(OC)c1. The highest BCUT2D eigenvalue weighted by molar-refractivity contribution is 7.92. The number of sulfonamides is 1. The standard InChI is InChI=1S/C24H24ClN3O5S/c1-17-21(25)10-7-11-22(17)28(34(30,31)20-8-5-4-6-9-20)16-24(29)27-26-15-18-12-13-19(32-2)14-23(18)33-3/h4-15H,16H2,1-3H3,(H,27,29)/b26-15-. The Morgan fingerprint density at radius 1 is 1.06 bits per heavy atom. The van der Waals surface area contributed by atoms with Crippen molar-refractivity contribution >= 4 is 39.4 Å². The molecule has 0 bridgehead atoms. The third-order valence-corrected chi connectivity index (χ3v) is 7.14. The van der Waals surface area contributed by atoms with E-state index in [1.807, 2.05) is 0 Å². The number of ether oxygens (including phenoxy) is 2. The minimum absolute atomic E-state index is 0.0497. The summed E-state index contributed by atoms with van der Waals surface area (Å²) in [7, 11) is -1.01. The minimum Gasteiger partial charge on any atom is -0.497 e. The van der Waals surface area contributed by atoms with Crippen LogP contribution in [0.1, 0.15) is 11.1 Å². The normalized spacial score (nSPS) is 11.3. The second-order valence-corrected chi connectivity index (χ2v) is 9.38. The Hall–Kier alpha value is -3.56. The van der Waals surface area contributed by atoms with Crippen LogP contribution in [0, 0.1) is 6.92 Å². The van der Waals surface area contributed by atoms with Gasteiger partial charge in [-0.25, -0.2) is 13.8 Å². The Bertz CT molecular complexity index is 1300. The van der Waals surface area contributed by atoms with Crippen LogP contribution in [-0.2, 0) is 14.8 Å². The van der Waals surface area contributed by atoms with Crippen molar-refractivity contribution in [1.29, 1.82) is 0 Å². The van der Waals surface area contributed by atoms with Crippen LogP contribution in [0.15, 0.2) is 76.7 Å². The van der Waals surface area contributed by atoms with Gasteiger partial charge in [0.25, 0.3) is 15.9 Å². The highest BCUT2D eigenvalue weighted by atomic mass is 35.5. The summed E-state index contributed by atoms with van der Waals surface area (Å²) in [6.45, 7) is 1.19. The second kappa shape index (κ2) is 11.0. The quantitative estimate of drug-likeness (QED) is 0.353. The van der Waals surface area contributed by atoms with Crippen LogP contribution >= 0.6 is 11.6 Å². The van der Waals surface area contributed by atoms with Gasteiger partial charge in [-0.2, -0.15) is 5.10 Å². The fourth-order valence-corrected chi connectivity index (χ4v) is 4.82. The van der Waals surface area contributed by atoms with E-state index in [9.17, 15) is 13.2 Å². The molecule has 8 nitrogen and oxygen atoms in total. The van der Waals surface area contributed by atoms with Crippen molar-refractivity contribution in [1.82, 2.24) is 5.43 Å². The number of carbonyl (C=O) groups excluding carboxylic acids is 1. The number of halogens is 1. The van der Waals surface area contributed by atoms with E-state index in [2.05, 4.69) is 10.5 Å². The van der Waals surface area contributed by atoms with Crippen molar-refractivity contribution in [3.05, 3.63) is 82.9 Å². The topological polar surface area (TPSA) is 97.3 Å². The molecule has 0 aliphatic heterocycles. The fourth-order valence-electron chi connectivity index (χ4n) is 3.15. The van der Waals surface area contributed by atoms with Gasteiger partial charge in [0.1, 0.15) is 18.0 Å². The summed E-state index contributed by atoms with van der Waals surface area (Å²) in [6.07, 6.45) is 1.40. The van der Waals surface area contributed by atoms with Gasteiger partial charge in [0.2, 0.25) is 0 Å². The van der Waals surface area contributed by atoms with Gasteiger partial charge >= 0.3 is 0 Å². The molecule has 0 saturated carbocycles. The van der Waals surface area contributed by atoms with Gasteiger partial charge in [0.15, 0.2) is 0 Å². The van der Waals surface area contributed by atoms with Crippen molar-refractivity contribution < 1.29 is 22.7 Å². The van der Waals surface area contributed by atoms with Gasteiger partial charge in [0, 0.05) is 16.7 Å². The molecule has 0 saturated heterocycles. The molecule has 0 spiro atoms. The van der Waals surface area contributed by atoms with Gasteiger partial charge in [-0.1, -0.05) is 35.9 Å². The number of nitrogens with zero attached hydrogens (tertiary/aromatic N) is 2. The molecule has 0 atom stereocenters. The van der Waals surface area contributed by atoms with Gasteiger partial charge in [0.05, 0.1) is 31.0 Å². The summed E-state index contributed by atoms with van der Waals surface area (Å²) in [5.41, 5.74) is 3.80. The summed E-state index contributed by atoms with van der Waals surface area (Å²) in [5.74, 6) is 0.472. The maximum Gasteiger partial charge on any atom is 0.264 e. The number of carbonyl (C=O) groups is 1. The number of benzene rings is 3. The van der Waals surface area contributed by atoms with E-state index in [0.29, 0.717) is 33.3 Å². The molecule has 0 radical (unpaired) electrons. The van der Waals surface area contributed by atoms with Crippen LogP contribution in [0.3, 0.4) is 0 Å². The van der Waals surface area contributed by atoms with E-state index < -0.39 is 22.5 Å². The average molecular weight is 502 g/mol. The molecular formula is C24H24ClN3O5S. The van der Waals surface area contributed by atoms with E-state index in [0.717, 1.165) is 4.31 Å². The summed E-state index contributed by atoms with van der Waals surface area (Å²) in [5, 5.41) is 4.34. The molecule has 3 rings (SSSR count). The number of anilines is 1. The molecule has 3 aromatic carbocycles. The molecule has 0 aliphatic rings. The number of rotatable bonds is 9. The lowest BCUT2D eigenvalue weighted by Gasteiger charge is -2.25. The smallest absolute Gasteiger partial charge is 0.264 e. The van der Waals surface area contributed by atoms with Crippen molar-refractivity contribution in [2.75, 3.05) is 25.1 Å². The molecule has 3 aromatic rings. The lowest BCUT2D eigenvalue weighted by Crippen LogP contribution is -2.40. The lowest BCUT2D eigenvalue weighted by molar-refractivity contribution is -0.119. The van der Waals surface area contributed by atoms with Crippen LogP contribution < -0.4 is 19.2 Å². The molecule has 0 unspecified atom stereocenters. The zero-order chi connectivity index (χ0) is 24.7. The van der Waals surface area contributed by atoms with Gasteiger partial charge < -0.3 is 9.47 Å². The van der Waals surface area contributed by atoms with Gasteiger partial charge in [-0.05, 0) is 48.9 Å². The highest BCUT2D eigenvalue weighted by Crippen LogP contribution is 2.30. The molecule has 0 fully saturated rings. The van der Waals surface area contributed by atoms with Crippen LogP contribution in [-0.4, -0.2) is 41.3 Å². The first-order valence-corrected chi connectivity index (χ1v) is 12.0. The van der Waals surface area contributed by atoms with Crippen LogP contribution in [0.4, 0.5) is 5.69 Å². The number of hydrogen-bond donors (Lipinski definition) is 1. The van der Waals surface area contributed by atoms with Crippen molar-refractivity contribution in [3.63, 3.8) is 0 Å². The van der Waals surface area contributed by atoms with Crippen LogP contribution in [0.5, 0.6) is 11.5 Å². The average Bonchev–Trinajstić information content (AvgIpc) is 2.85. The molecule has 1 amide bonds. The van der Waals surface area contributed by atoms with E-state index in [1.54, 1.807) is 68.6 Å². The Balaban J connectivity index is 1.86. The zero-order valence-corrected chi connectivity index (χ0v) is 20.4. The number of amides is 1. The number of methoxy groups -OCH3 is 2. The van der Waals surface area contributed by atoms with Crippen LogP contribution in [0.25, 0.3) is 0 Å². The summed E-state index contributed by atoms with van der Waals surface area (Å²) in [6, 6.07) is 17.9.